The number of esters is 1. The summed E-state index contributed by atoms with van der Waals surface area (Å²) >= 11 is 3.40. The van der Waals surface area contributed by atoms with Crippen molar-refractivity contribution >= 4 is 33.8 Å². The Balaban J connectivity index is 1.56. The molecule has 5 heteroatoms. The Kier molecular flexibility index (Phi) is 5.36. The molecule has 1 fully saturated rings. The molecule has 2 aromatic carbocycles. The average Bonchev–Trinajstić information content (AvgIpc) is 3.03. The van der Waals surface area contributed by atoms with Crippen LogP contribution in [0.15, 0.2) is 46.6 Å². The van der Waals surface area contributed by atoms with Crippen LogP contribution in [0, 0.1) is 12.8 Å². The van der Waals surface area contributed by atoms with E-state index in [1.165, 1.54) is 6.42 Å². The Labute approximate surface area is 172 Å². The van der Waals surface area contributed by atoms with Crippen LogP contribution in [0.3, 0.4) is 0 Å². The van der Waals surface area contributed by atoms with Gasteiger partial charge in [-0.1, -0.05) is 47.3 Å². The highest BCUT2D eigenvalue weighted by Crippen LogP contribution is 2.40. The molecule has 1 aliphatic carbocycles. The molecule has 4 rings (SSSR count). The zero-order valence-corrected chi connectivity index (χ0v) is 17.3. The lowest BCUT2D eigenvalue weighted by Gasteiger charge is -2.20. The van der Waals surface area contributed by atoms with E-state index in [9.17, 15) is 9.59 Å². The number of rotatable bonds is 3. The van der Waals surface area contributed by atoms with Crippen LogP contribution in [0.25, 0.3) is 6.08 Å². The number of ether oxygens (including phenoxy) is 2. The van der Waals surface area contributed by atoms with Crippen molar-refractivity contribution in [2.75, 3.05) is 0 Å². The molecule has 1 saturated carbocycles. The molecule has 0 atom stereocenters. The fourth-order valence-corrected chi connectivity index (χ4v) is 3.98. The second kappa shape index (κ2) is 7.92. The molecule has 0 amide bonds. The summed E-state index contributed by atoms with van der Waals surface area (Å²) in [5.74, 6) is 0.839. The number of benzene rings is 2. The van der Waals surface area contributed by atoms with Gasteiger partial charge in [-0.2, -0.15) is 0 Å². The van der Waals surface area contributed by atoms with Crippen LogP contribution in [0.4, 0.5) is 0 Å². The molecule has 0 N–H and O–H groups in total. The van der Waals surface area contributed by atoms with Crippen molar-refractivity contribution in [1.82, 2.24) is 0 Å². The Morgan fingerprint density at radius 3 is 2.54 bits per heavy atom. The van der Waals surface area contributed by atoms with Gasteiger partial charge in [0.15, 0.2) is 5.76 Å². The first-order valence-electron chi connectivity index (χ1n) is 9.58. The topological polar surface area (TPSA) is 52.6 Å². The van der Waals surface area contributed by atoms with E-state index in [1.807, 2.05) is 31.2 Å². The lowest BCUT2D eigenvalue weighted by atomic mass is 9.89. The summed E-state index contributed by atoms with van der Waals surface area (Å²) in [5.41, 5.74) is 2.05. The lowest BCUT2D eigenvalue weighted by Crippen LogP contribution is -2.23. The van der Waals surface area contributed by atoms with Gasteiger partial charge in [0.25, 0.3) is 0 Å². The van der Waals surface area contributed by atoms with Crippen LogP contribution in [-0.4, -0.2) is 11.8 Å². The molecular weight excluding hydrogens is 420 g/mol. The maximum atomic E-state index is 12.7. The zero-order valence-electron chi connectivity index (χ0n) is 15.7. The maximum Gasteiger partial charge on any atom is 0.314 e. The molecule has 0 aromatic heterocycles. The number of carbonyl (C=O) groups is 2. The minimum Gasteiger partial charge on any atom is -0.452 e. The van der Waals surface area contributed by atoms with Gasteiger partial charge in [-0.3, -0.25) is 9.59 Å². The molecular formula is C23H21BrO4. The summed E-state index contributed by atoms with van der Waals surface area (Å²) < 4.78 is 12.5. The van der Waals surface area contributed by atoms with Crippen LogP contribution in [0.2, 0.25) is 0 Å². The van der Waals surface area contributed by atoms with Crippen molar-refractivity contribution < 1.29 is 19.1 Å². The predicted octanol–water partition coefficient (Wildman–Crippen LogP) is 5.86. The number of allylic oxidation sites excluding steroid dienone is 1. The summed E-state index contributed by atoms with van der Waals surface area (Å²) in [7, 11) is 0. The number of halogens is 1. The van der Waals surface area contributed by atoms with E-state index in [-0.39, 0.29) is 23.4 Å². The molecule has 4 nitrogen and oxygen atoms in total. The third kappa shape index (κ3) is 3.76. The molecule has 1 heterocycles. The highest BCUT2D eigenvalue weighted by Gasteiger charge is 2.31. The molecule has 28 heavy (non-hydrogen) atoms. The van der Waals surface area contributed by atoms with Crippen molar-refractivity contribution in [3.05, 3.63) is 63.3 Å². The number of hydrogen-bond acceptors (Lipinski definition) is 4. The third-order valence-electron chi connectivity index (χ3n) is 5.35. The molecule has 144 valence electrons. The second-order valence-electron chi connectivity index (χ2n) is 7.31. The number of Topliss-reactive ketones (excluding diaryl/α,β-unsaturated/α-hetero) is 1. The monoisotopic (exact) mass is 440 g/mol. The SMILES string of the molecule is Cc1c(OC(=O)C2CCCCC2)ccc2c1O/C(=C\c1ccc(Br)cc1)C2=O. The normalized spacial score (nSPS) is 18.1. The molecule has 0 radical (unpaired) electrons. The standard InChI is InChI=1S/C23H21BrO4/c1-14-19(28-23(26)16-5-3-2-4-6-16)12-11-18-21(25)20(27-22(14)18)13-15-7-9-17(24)10-8-15/h7-13,16H,2-6H2,1H3/b20-13-. The van der Waals surface area contributed by atoms with Crippen molar-refractivity contribution in [3.63, 3.8) is 0 Å². The maximum absolute atomic E-state index is 12.7. The molecule has 0 spiro atoms. The van der Waals surface area contributed by atoms with Crippen molar-refractivity contribution in [1.29, 1.82) is 0 Å². The van der Waals surface area contributed by atoms with E-state index < -0.39 is 0 Å². The van der Waals surface area contributed by atoms with Gasteiger partial charge >= 0.3 is 5.97 Å². The third-order valence-corrected chi connectivity index (χ3v) is 5.88. The van der Waals surface area contributed by atoms with Gasteiger partial charge in [0.2, 0.25) is 5.78 Å². The first-order chi connectivity index (χ1) is 13.5. The first kappa shape index (κ1) is 18.9. The summed E-state index contributed by atoms with van der Waals surface area (Å²) in [6.45, 7) is 1.82. The largest absolute Gasteiger partial charge is 0.452 e. The summed E-state index contributed by atoms with van der Waals surface area (Å²) in [5, 5.41) is 0. The van der Waals surface area contributed by atoms with Crippen molar-refractivity contribution in [2.45, 2.75) is 39.0 Å². The number of carbonyl (C=O) groups excluding carboxylic acids is 2. The van der Waals surface area contributed by atoms with Gasteiger partial charge in [0, 0.05) is 10.0 Å². The van der Waals surface area contributed by atoms with Gasteiger partial charge in [-0.15, -0.1) is 0 Å². The minimum absolute atomic E-state index is 0.0307. The van der Waals surface area contributed by atoms with Gasteiger partial charge in [-0.05, 0) is 55.7 Å². The quantitative estimate of drug-likeness (QED) is 0.340. The highest BCUT2D eigenvalue weighted by molar-refractivity contribution is 9.10. The Morgan fingerprint density at radius 1 is 1.11 bits per heavy atom. The van der Waals surface area contributed by atoms with Crippen LogP contribution in [0.5, 0.6) is 11.5 Å². The molecule has 0 unspecified atom stereocenters. The lowest BCUT2D eigenvalue weighted by molar-refractivity contribution is -0.140. The Morgan fingerprint density at radius 2 is 1.82 bits per heavy atom. The van der Waals surface area contributed by atoms with Crippen LogP contribution < -0.4 is 9.47 Å². The number of fused-ring (bicyclic) bond motifs is 1. The van der Waals surface area contributed by atoms with Gasteiger partial charge < -0.3 is 9.47 Å². The van der Waals surface area contributed by atoms with E-state index >= 15 is 0 Å². The smallest absolute Gasteiger partial charge is 0.314 e. The van der Waals surface area contributed by atoms with E-state index in [1.54, 1.807) is 18.2 Å². The van der Waals surface area contributed by atoms with E-state index in [4.69, 9.17) is 9.47 Å². The fourth-order valence-electron chi connectivity index (χ4n) is 3.72. The fraction of sp³-hybridized carbons (Fsp3) is 0.304. The van der Waals surface area contributed by atoms with Crippen LogP contribution in [-0.2, 0) is 4.79 Å². The minimum atomic E-state index is -0.183. The van der Waals surface area contributed by atoms with E-state index in [2.05, 4.69) is 15.9 Å². The number of ketones is 1. The van der Waals surface area contributed by atoms with Crippen molar-refractivity contribution in [2.24, 2.45) is 5.92 Å². The summed E-state index contributed by atoms with van der Waals surface area (Å²) in [6.07, 6.45) is 6.83. The Bertz CT molecular complexity index is 953. The van der Waals surface area contributed by atoms with Crippen LogP contribution >= 0.6 is 15.9 Å². The van der Waals surface area contributed by atoms with E-state index in [0.29, 0.717) is 22.6 Å². The highest BCUT2D eigenvalue weighted by atomic mass is 79.9. The molecule has 0 saturated heterocycles. The average molecular weight is 441 g/mol. The summed E-state index contributed by atoms with van der Waals surface area (Å²) in [4.78, 5) is 25.2. The van der Waals surface area contributed by atoms with Crippen molar-refractivity contribution in [3.8, 4) is 11.5 Å². The second-order valence-corrected chi connectivity index (χ2v) is 8.23. The van der Waals surface area contributed by atoms with Gasteiger partial charge in [0.05, 0.1) is 11.5 Å². The summed E-state index contributed by atoms with van der Waals surface area (Å²) in [6, 6.07) is 11.0. The molecule has 2 aliphatic rings. The van der Waals surface area contributed by atoms with Gasteiger partial charge in [0.1, 0.15) is 11.5 Å². The molecule has 1 aliphatic heterocycles. The molecule has 0 bridgehead atoms. The van der Waals surface area contributed by atoms with Gasteiger partial charge in [-0.25, -0.2) is 0 Å². The van der Waals surface area contributed by atoms with E-state index in [0.717, 1.165) is 35.7 Å². The first-order valence-corrected chi connectivity index (χ1v) is 10.4. The van der Waals surface area contributed by atoms with Crippen LogP contribution in [0.1, 0.15) is 53.6 Å². The predicted molar refractivity (Wildman–Crippen MR) is 110 cm³/mol. The zero-order chi connectivity index (χ0) is 19.7. The Hall–Kier alpha value is -2.40. The molecule has 2 aromatic rings. The number of hydrogen-bond donors (Lipinski definition) is 0.